The number of aryl methyl sites for hydroxylation is 2. The fourth-order valence-corrected chi connectivity index (χ4v) is 3.94. The Labute approximate surface area is 201 Å². The van der Waals surface area contributed by atoms with Crippen molar-refractivity contribution in [1.82, 2.24) is 29.3 Å². The summed E-state index contributed by atoms with van der Waals surface area (Å²) in [6.45, 7) is 7.61. The molecule has 4 rings (SSSR count). The van der Waals surface area contributed by atoms with Crippen molar-refractivity contribution < 1.29 is 14.5 Å². The topological polar surface area (TPSA) is 135 Å². The Morgan fingerprint density at radius 2 is 1.80 bits per heavy atom. The van der Waals surface area contributed by atoms with Crippen LogP contribution in [-0.2, 0) is 13.2 Å². The van der Waals surface area contributed by atoms with Crippen LogP contribution in [0.3, 0.4) is 0 Å². The molecule has 0 atom stereocenters. The summed E-state index contributed by atoms with van der Waals surface area (Å²) in [5.41, 5.74) is 4.09. The molecule has 3 heterocycles. The molecule has 0 aliphatic heterocycles. The summed E-state index contributed by atoms with van der Waals surface area (Å²) in [6.07, 6.45) is 1.63. The van der Waals surface area contributed by atoms with Crippen molar-refractivity contribution in [1.29, 1.82) is 0 Å². The molecule has 0 fully saturated rings. The Morgan fingerprint density at radius 1 is 1.06 bits per heavy atom. The number of aromatic nitrogens is 6. The lowest BCUT2D eigenvalue weighted by Gasteiger charge is -2.08. The van der Waals surface area contributed by atoms with Crippen LogP contribution in [0.25, 0.3) is 0 Å². The van der Waals surface area contributed by atoms with E-state index in [1.54, 1.807) is 33.2 Å². The van der Waals surface area contributed by atoms with Gasteiger partial charge in [-0.3, -0.25) is 24.3 Å². The number of nitrogens with one attached hydrogen (secondary N) is 1. The number of benzene rings is 1. The van der Waals surface area contributed by atoms with E-state index in [0.29, 0.717) is 29.3 Å². The summed E-state index contributed by atoms with van der Waals surface area (Å²) in [6, 6.07) is 9.32. The molecule has 1 N–H and O–H groups in total. The average molecular weight is 479 g/mol. The van der Waals surface area contributed by atoms with Gasteiger partial charge in [-0.25, -0.2) is 4.68 Å². The molecular formula is C23H26N8O4. The Bertz CT molecular complexity index is 1420. The van der Waals surface area contributed by atoms with Crippen LogP contribution in [0, 0.1) is 37.8 Å². The number of hydrogen-bond acceptors (Lipinski definition) is 7. The first-order chi connectivity index (χ1) is 16.7. The molecule has 1 amide bonds. The van der Waals surface area contributed by atoms with E-state index in [0.717, 1.165) is 17.0 Å². The first-order valence-corrected chi connectivity index (χ1v) is 10.9. The molecule has 0 radical (unpaired) electrons. The van der Waals surface area contributed by atoms with E-state index in [1.165, 1.54) is 9.36 Å². The number of rotatable bonds is 8. The first-order valence-electron chi connectivity index (χ1n) is 10.9. The average Bonchev–Trinajstić information content (AvgIpc) is 3.47. The maximum Gasteiger partial charge on any atom is 0.312 e. The van der Waals surface area contributed by atoms with E-state index >= 15 is 0 Å². The highest BCUT2D eigenvalue weighted by atomic mass is 16.6. The van der Waals surface area contributed by atoms with Gasteiger partial charge in [0.05, 0.1) is 35.7 Å². The van der Waals surface area contributed by atoms with Gasteiger partial charge in [0.1, 0.15) is 23.8 Å². The second kappa shape index (κ2) is 9.41. The first kappa shape index (κ1) is 23.7. The van der Waals surface area contributed by atoms with Gasteiger partial charge in [0.25, 0.3) is 5.91 Å². The van der Waals surface area contributed by atoms with Gasteiger partial charge in [-0.1, -0.05) is 12.1 Å². The number of methoxy groups -OCH3 is 1. The summed E-state index contributed by atoms with van der Waals surface area (Å²) in [7, 11) is 1.62. The van der Waals surface area contributed by atoms with Gasteiger partial charge < -0.3 is 10.1 Å². The van der Waals surface area contributed by atoms with Gasteiger partial charge in [0.2, 0.25) is 0 Å². The van der Waals surface area contributed by atoms with E-state index in [9.17, 15) is 14.9 Å². The van der Waals surface area contributed by atoms with Crippen molar-refractivity contribution in [3.8, 4) is 5.75 Å². The van der Waals surface area contributed by atoms with Crippen molar-refractivity contribution >= 4 is 17.3 Å². The van der Waals surface area contributed by atoms with Crippen molar-refractivity contribution in [3.63, 3.8) is 0 Å². The summed E-state index contributed by atoms with van der Waals surface area (Å²) >= 11 is 0. The largest absolute Gasteiger partial charge is 0.497 e. The lowest BCUT2D eigenvalue weighted by atomic mass is 10.2. The van der Waals surface area contributed by atoms with Crippen LogP contribution in [0.2, 0.25) is 0 Å². The van der Waals surface area contributed by atoms with E-state index in [-0.39, 0.29) is 24.0 Å². The normalized spacial score (nSPS) is 11.0. The van der Waals surface area contributed by atoms with Crippen LogP contribution in [0.5, 0.6) is 5.75 Å². The van der Waals surface area contributed by atoms with Gasteiger partial charge in [0, 0.05) is 6.20 Å². The van der Waals surface area contributed by atoms with Gasteiger partial charge >= 0.3 is 5.69 Å². The number of amides is 1. The van der Waals surface area contributed by atoms with Crippen LogP contribution in [0.1, 0.15) is 38.8 Å². The standard InChI is InChI=1S/C23H26N8O4/c1-14-21(16(3)29(25-14)12-18-7-6-8-19(11-18)35-5)24-23(32)20-9-10-28(27-20)13-30-17(4)22(31(33)34)15(2)26-30/h6-11H,12-13H2,1-5H3,(H,24,32). The van der Waals surface area contributed by atoms with Crippen LogP contribution in [0.15, 0.2) is 36.5 Å². The third-order valence-corrected chi connectivity index (χ3v) is 5.76. The van der Waals surface area contributed by atoms with Gasteiger partial charge in [0.15, 0.2) is 5.69 Å². The molecule has 1 aromatic carbocycles. The summed E-state index contributed by atoms with van der Waals surface area (Å²) in [5.74, 6) is 0.387. The molecule has 0 saturated carbocycles. The molecule has 182 valence electrons. The summed E-state index contributed by atoms with van der Waals surface area (Å²) in [5, 5.41) is 27.2. The molecule has 0 aliphatic rings. The summed E-state index contributed by atoms with van der Waals surface area (Å²) < 4.78 is 10.1. The molecule has 3 aromatic heterocycles. The SMILES string of the molecule is COc1cccc(Cn2nc(C)c(NC(=O)c3ccn(Cn4nc(C)c([N+](=O)[O-])c4C)n3)c2C)c1. The van der Waals surface area contributed by atoms with Crippen LogP contribution >= 0.6 is 0 Å². The second-order valence-corrected chi connectivity index (χ2v) is 8.17. The number of carbonyl (C=O) groups is 1. The smallest absolute Gasteiger partial charge is 0.312 e. The predicted molar refractivity (Wildman–Crippen MR) is 128 cm³/mol. The number of anilines is 1. The maximum absolute atomic E-state index is 12.9. The fourth-order valence-electron chi connectivity index (χ4n) is 3.94. The number of carbonyl (C=O) groups excluding carboxylic acids is 1. The minimum absolute atomic E-state index is 0.0213. The van der Waals surface area contributed by atoms with Crippen molar-refractivity contribution in [2.75, 3.05) is 12.4 Å². The van der Waals surface area contributed by atoms with Crippen LogP contribution in [-0.4, -0.2) is 47.3 Å². The molecule has 12 heteroatoms. The molecule has 0 unspecified atom stereocenters. The van der Waals surface area contributed by atoms with Crippen molar-refractivity contribution in [2.45, 2.75) is 40.9 Å². The Hall–Kier alpha value is -4.48. The zero-order valence-electron chi connectivity index (χ0n) is 20.1. The molecular weight excluding hydrogens is 452 g/mol. The lowest BCUT2D eigenvalue weighted by Crippen LogP contribution is -2.16. The quantitative estimate of drug-likeness (QED) is 0.303. The summed E-state index contributed by atoms with van der Waals surface area (Å²) in [4.78, 5) is 23.7. The molecule has 0 aliphatic carbocycles. The molecule has 0 spiro atoms. The molecule has 12 nitrogen and oxygen atoms in total. The highest BCUT2D eigenvalue weighted by Gasteiger charge is 2.22. The zero-order valence-corrected chi connectivity index (χ0v) is 20.1. The maximum atomic E-state index is 12.9. The van der Waals surface area contributed by atoms with Gasteiger partial charge in [-0.15, -0.1) is 0 Å². The van der Waals surface area contributed by atoms with Gasteiger partial charge in [-0.2, -0.15) is 15.3 Å². The highest BCUT2D eigenvalue weighted by molar-refractivity contribution is 6.03. The molecule has 35 heavy (non-hydrogen) atoms. The Balaban J connectivity index is 1.48. The van der Waals surface area contributed by atoms with Crippen LogP contribution < -0.4 is 10.1 Å². The minimum Gasteiger partial charge on any atom is -0.497 e. The van der Waals surface area contributed by atoms with Crippen molar-refractivity contribution in [2.24, 2.45) is 0 Å². The number of ether oxygens (including phenoxy) is 1. The second-order valence-electron chi connectivity index (χ2n) is 8.17. The Kier molecular flexibility index (Phi) is 6.36. The lowest BCUT2D eigenvalue weighted by molar-refractivity contribution is -0.386. The predicted octanol–water partition coefficient (Wildman–Crippen LogP) is 3.23. The third-order valence-electron chi connectivity index (χ3n) is 5.76. The highest BCUT2D eigenvalue weighted by Crippen LogP contribution is 2.23. The zero-order chi connectivity index (χ0) is 25.3. The van der Waals surface area contributed by atoms with E-state index in [1.807, 2.05) is 42.8 Å². The van der Waals surface area contributed by atoms with Gasteiger partial charge in [-0.05, 0) is 51.5 Å². The monoisotopic (exact) mass is 478 g/mol. The van der Waals surface area contributed by atoms with E-state index in [2.05, 4.69) is 20.6 Å². The number of nitro groups is 1. The minimum atomic E-state index is -0.449. The molecule has 4 aromatic rings. The molecule has 0 saturated heterocycles. The van der Waals surface area contributed by atoms with E-state index < -0.39 is 4.92 Å². The van der Waals surface area contributed by atoms with E-state index in [4.69, 9.17) is 4.74 Å². The Morgan fingerprint density at radius 3 is 2.49 bits per heavy atom. The third kappa shape index (κ3) is 4.76. The van der Waals surface area contributed by atoms with Crippen LogP contribution in [0.4, 0.5) is 11.4 Å². The fraction of sp³-hybridized carbons (Fsp3) is 0.304. The number of hydrogen-bond donors (Lipinski definition) is 1. The van der Waals surface area contributed by atoms with Crippen molar-refractivity contribution in [3.05, 3.63) is 80.7 Å². The molecule has 0 bridgehead atoms. The number of nitrogens with zero attached hydrogens (tertiary/aromatic N) is 7.